The van der Waals surface area contributed by atoms with Crippen molar-refractivity contribution in [2.75, 3.05) is 0 Å². The molecule has 0 aromatic carbocycles. The maximum Gasteiger partial charge on any atom is 0.261 e. The third kappa shape index (κ3) is 3.42. The van der Waals surface area contributed by atoms with E-state index in [1.54, 1.807) is 12.4 Å². The molecule has 19 heavy (non-hydrogen) atoms. The maximum absolute atomic E-state index is 12.2. The van der Waals surface area contributed by atoms with Gasteiger partial charge in [-0.15, -0.1) is 11.3 Å². The Morgan fingerprint density at radius 2 is 2.16 bits per heavy atom. The van der Waals surface area contributed by atoms with Gasteiger partial charge in [0, 0.05) is 21.7 Å². The van der Waals surface area contributed by atoms with Gasteiger partial charge >= 0.3 is 0 Å². The van der Waals surface area contributed by atoms with Crippen LogP contribution in [0.3, 0.4) is 0 Å². The summed E-state index contributed by atoms with van der Waals surface area (Å²) in [6, 6.07) is 5.68. The molecule has 0 saturated carbocycles. The quantitative estimate of drug-likeness (QED) is 0.916. The van der Waals surface area contributed by atoms with E-state index >= 15 is 0 Å². The standard InChI is InChI=1S/C14H15BrN2OS/c1-3-12-11(15)8-13(19-12)14(18)17-9(2)10-4-6-16-7-5-10/h4-9H,3H2,1-2H3,(H,17,18)/t9-/m1/s1. The summed E-state index contributed by atoms with van der Waals surface area (Å²) in [6.07, 6.45) is 4.39. The molecule has 0 radical (unpaired) electrons. The van der Waals surface area contributed by atoms with Crippen LogP contribution >= 0.6 is 27.3 Å². The summed E-state index contributed by atoms with van der Waals surface area (Å²) < 4.78 is 1.02. The van der Waals surface area contributed by atoms with Crippen molar-refractivity contribution in [3.63, 3.8) is 0 Å². The molecule has 0 spiro atoms. The largest absolute Gasteiger partial charge is 0.345 e. The summed E-state index contributed by atoms with van der Waals surface area (Å²) in [5.74, 6) is -0.0327. The molecule has 0 unspecified atom stereocenters. The molecule has 1 atom stereocenters. The predicted octanol–water partition coefficient (Wildman–Crippen LogP) is 3.96. The van der Waals surface area contributed by atoms with E-state index in [2.05, 4.69) is 33.2 Å². The molecular weight excluding hydrogens is 324 g/mol. The van der Waals surface area contributed by atoms with Crippen molar-refractivity contribution in [1.29, 1.82) is 0 Å². The summed E-state index contributed by atoms with van der Waals surface area (Å²) in [6.45, 7) is 4.05. The highest BCUT2D eigenvalue weighted by molar-refractivity contribution is 9.10. The second kappa shape index (κ2) is 6.30. The summed E-state index contributed by atoms with van der Waals surface area (Å²) in [7, 11) is 0. The molecule has 2 aromatic rings. The van der Waals surface area contributed by atoms with E-state index in [9.17, 15) is 4.79 Å². The first-order chi connectivity index (χ1) is 9.11. The van der Waals surface area contributed by atoms with Gasteiger partial charge < -0.3 is 5.32 Å². The first kappa shape index (κ1) is 14.2. The molecule has 100 valence electrons. The molecule has 1 N–H and O–H groups in total. The van der Waals surface area contributed by atoms with Gasteiger partial charge in [0.05, 0.1) is 10.9 Å². The Labute approximate surface area is 125 Å². The number of nitrogens with one attached hydrogen (secondary N) is 1. The van der Waals surface area contributed by atoms with E-state index in [1.807, 2.05) is 25.1 Å². The number of halogens is 1. The van der Waals surface area contributed by atoms with Crippen molar-refractivity contribution >= 4 is 33.2 Å². The Balaban J connectivity index is 2.08. The van der Waals surface area contributed by atoms with E-state index < -0.39 is 0 Å². The minimum atomic E-state index is -0.0327. The van der Waals surface area contributed by atoms with Gasteiger partial charge in [0.15, 0.2) is 0 Å². The van der Waals surface area contributed by atoms with Crippen LogP contribution in [0.25, 0.3) is 0 Å². The number of aromatic nitrogens is 1. The SMILES string of the molecule is CCc1sc(C(=O)N[C@H](C)c2ccncc2)cc1Br. The Hall–Kier alpha value is -1.20. The number of amides is 1. The number of aryl methyl sites for hydroxylation is 1. The average Bonchev–Trinajstić information content (AvgIpc) is 2.81. The molecule has 2 aromatic heterocycles. The van der Waals surface area contributed by atoms with Crippen LogP contribution < -0.4 is 5.32 Å². The molecule has 0 aliphatic rings. The molecule has 0 aliphatic carbocycles. The monoisotopic (exact) mass is 338 g/mol. The van der Waals surface area contributed by atoms with Gasteiger partial charge in [-0.05, 0) is 53.0 Å². The predicted molar refractivity (Wildman–Crippen MR) is 81.5 cm³/mol. The lowest BCUT2D eigenvalue weighted by Crippen LogP contribution is -2.25. The average molecular weight is 339 g/mol. The highest BCUT2D eigenvalue weighted by atomic mass is 79.9. The summed E-state index contributed by atoms with van der Waals surface area (Å²) >= 11 is 5.01. The Morgan fingerprint density at radius 3 is 2.74 bits per heavy atom. The van der Waals surface area contributed by atoms with Gasteiger partial charge in [-0.3, -0.25) is 9.78 Å². The summed E-state index contributed by atoms with van der Waals surface area (Å²) in [5.41, 5.74) is 1.05. The minimum absolute atomic E-state index is 0.0264. The lowest BCUT2D eigenvalue weighted by molar-refractivity contribution is 0.0944. The van der Waals surface area contributed by atoms with Crippen LogP contribution in [-0.4, -0.2) is 10.9 Å². The fraction of sp³-hybridized carbons (Fsp3) is 0.286. The van der Waals surface area contributed by atoms with Gasteiger partial charge in [-0.2, -0.15) is 0 Å². The van der Waals surface area contributed by atoms with E-state index in [1.165, 1.54) is 16.2 Å². The number of carbonyl (C=O) groups is 1. The van der Waals surface area contributed by atoms with Crippen molar-refractivity contribution in [3.8, 4) is 0 Å². The Kier molecular flexibility index (Phi) is 4.71. The third-order valence-electron chi connectivity index (χ3n) is 2.86. The maximum atomic E-state index is 12.2. The van der Waals surface area contributed by atoms with E-state index in [0.29, 0.717) is 0 Å². The fourth-order valence-electron chi connectivity index (χ4n) is 1.76. The molecule has 0 saturated heterocycles. The van der Waals surface area contributed by atoms with E-state index in [4.69, 9.17) is 0 Å². The van der Waals surface area contributed by atoms with E-state index in [0.717, 1.165) is 21.3 Å². The van der Waals surface area contributed by atoms with Gasteiger partial charge in [0.2, 0.25) is 0 Å². The molecule has 5 heteroatoms. The van der Waals surface area contributed by atoms with Crippen LogP contribution in [-0.2, 0) is 6.42 Å². The molecule has 3 nitrogen and oxygen atoms in total. The van der Waals surface area contributed by atoms with Gasteiger partial charge in [-0.25, -0.2) is 0 Å². The van der Waals surface area contributed by atoms with Gasteiger partial charge in [0.1, 0.15) is 0 Å². The number of rotatable bonds is 4. The summed E-state index contributed by atoms with van der Waals surface area (Å²) in [5, 5.41) is 3.00. The smallest absolute Gasteiger partial charge is 0.261 e. The zero-order chi connectivity index (χ0) is 13.8. The summed E-state index contributed by atoms with van der Waals surface area (Å²) in [4.78, 5) is 18.1. The van der Waals surface area contributed by atoms with Crippen LogP contribution in [0.5, 0.6) is 0 Å². The molecule has 0 bridgehead atoms. The zero-order valence-corrected chi connectivity index (χ0v) is 13.2. The molecule has 1 amide bonds. The molecule has 0 fully saturated rings. The van der Waals surface area contributed by atoms with Crippen LogP contribution in [0, 0.1) is 0 Å². The first-order valence-corrected chi connectivity index (χ1v) is 7.71. The zero-order valence-electron chi connectivity index (χ0n) is 10.8. The van der Waals surface area contributed by atoms with Gasteiger partial charge in [-0.1, -0.05) is 6.92 Å². The van der Waals surface area contributed by atoms with Crippen molar-refractivity contribution in [2.24, 2.45) is 0 Å². The second-order valence-electron chi connectivity index (χ2n) is 4.21. The van der Waals surface area contributed by atoms with Gasteiger partial charge in [0.25, 0.3) is 5.91 Å². The topological polar surface area (TPSA) is 42.0 Å². The number of nitrogens with zero attached hydrogens (tertiary/aromatic N) is 1. The minimum Gasteiger partial charge on any atom is -0.345 e. The van der Waals surface area contributed by atoms with Crippen molar-refractivity contribution in [1.82, 2.24) is 10.3 Å². The van der Waals surface area contributed by atoms with Crippen molar-refractivity contribution in [3.05, 3.63) is 50.4 Å². The highest BCUT2D eigenvalue weighted by Gasteiger charge is 2.15. The Morgan fingerprint density at radius 1 is 1.47 bits per heavy atom. The lowest BCUT2D eigenvalue weighted by atomic mass is 10.1. The van der Waals surface area contributed by atoms with Crippen LogP contribution in [0.2, 0.25) is 0 Å². The van der Waals surface area contributed by atoms with Crippen molar-refractivity contribution < 1.29 is 4.79 Å². The first-order valence-electron chi connectivity index (χ1n) is 6.10. The van der Waals surface area contributed by atoms with Crippen LogP contribution in [0.1, 0.15) is 40.0 Å². The highest BCUT2D eigenvalue weighted by Crippen LogP contribution is 2.28. The number of thiophene rings is 1. The fourth-order valence-corrected chi connectivity index (χ4v) is 3.56. The van der Waals surface area contributed by atoms with E-state index in [-0.39, 0.29) is 11.9 Å². The third-order valence-corrected chi connectivity index (χ3v) is 5.10. The van der Waals surface area contributed by atoms with Crippen LogP contribution in [0.15, 0.2) is 35.1 Å². The number of pyridine rings is 1. The molecule has 2 rings (SSSR count). The molecule has 2 heterocycles. The van der Waals surface area contributed by atoms with Crippen molar-refractivity contribution in [2.45, 2.75) is 26.3 Å². The Bertz CT molecular complexity index is 568. The normalized spacial score (nSPS) is 12.2. The number of hydrogen-bond acceptors (Lipinski definition) is 3. The molecular formula is C14H15BrN2OS. The lowest BCUT2D eigenvalue weighted by Gasteiger charge is -2.13. The van der Waals surface area contributed by atoms with Crippen LogP contribution in [0.4, 0.5) is 0 Å². The molecule has 0 aliphatic heterocycles. The second-order valence-corrected chi connectivity index (χ2v) is 6.20. The number of hydrogen-bond donors (Lipinski definition) is 1. The number of carbonyl (C=O) groups excluding carboxylic acids is 1.